The number of ether oxygens (including phenoxy) is 3. The molecule has 2 amide bonds. The summed E-state index contributed by atoms with van der Waals surface area (Å²) < 4.78 is 53.2. The topological polar surface area (TPSA) is 114 Å². The minimum atomic E-state index is -4.81. The minimum Gasteiger partial charge on any atom is -0.480 e. The molecule has 4 aromatic carbocycles. The highest BCUT2D eigenvalue weighted by Crippen LogP contribution is 2.37. The fraction of sp³-hybridized carbons (Fsp3) is 0.372. The first kappa shape index (κ1) is 39.2. The predicted molar refractivity (Wildman–Crippen MR) is 199 cm³/mol. The van der Waals surface area contributed by atoms with Gasteiger partial charge in [-0.1, -0.05) is 63.9 Å². The van der Waals surface area contributed by atoms with Crippen LogP contribution in [0.2, 0.25) is 0 Å². The van der Waals surface area contributed by atoms with E-state index in [9.17, 15) is 32.7 Å². The van der Waals surface area contributed by atoms with Gasteiger partial charge in [0.15, 0.2) is 0 Å². The number of carboxylic acids is 1. The Morgan fingerprint density at radius 1 is 0.800 bits per heavy atom. The summed E-state index contributed by atoms with van der Waals surface area (Å²) in [7, 11) is 0. The highest BCUT2D eigenvalue weighted by atomic mass is 19.4. The predicted octanol–water partition coefficient (Wildman–Crippen LogP) is 9.29. The zero-order chi connectivity index (χ0) is 39.3. The molecular weight excluding hydrogens is 713 g/mol. The van der Waals surface area contributed by atoms with E-state index in [1.807, 2.05) is 30.3 Å². The van der Waals surface area contributed by atoms with Gasteiger partial charge >= 0.3 is 12.3 Å². The fourth-order valence-electron chi connectivity index (χ4n) is 7.18. The van der Waals surface area contributed by atoms with Gasteiger partial charge in [0.05, 0.1) is 0 Å². The number of rotatable bonds is 12. The van der Waals surface area contributed by atoms with Crippen LogP contribution in [0.25, 0.3) is 0 Å². The Balaban J connectivity index is 1.17. The highest BCUT2D eigenvalue weighted by Gasteiger charge is 2.38. The SMILES string of the molecule is CC(C)(C)c1ccc(Oc2ccc3c(c2)CCN(C(=O)CC2CCCC2)C3C(=O)N[C@@H](Cc2ccc(Oc3ccc(OC(F)(F)F)cc3)cc2)C(=O)O)cc1. The van der Waals surface area contributed by atoms with E-state index in [0.717, 1.165) is 43.4 Å². The Bertz CT molecular complexity index is 1970. The third-order valence-corrected chi connectivity index (χ3v) is 10.1. The molecule has 0 spiro atoms. The van der Waals surface area contributed by atoms with Gasteiger partial charge in [-0.2, -0.15) is 0 Å². The van der Waals surface area contributed by atoms with Crippen molar-refractivity contribution in [2.45, 2.75) is 89.6 Å². The lowest BCUT2D eigenvalue weighted by molar-refractivity contribution is -0.274. The van der Waals surface area contributed by atoms with Crippen molar-refractivity contribution < 1.29 is 46.9 Å². The van der Waals surface area contributed by atoms with Crippen molar-refractivity contribution in [3.05, 3.63) is 113 Å². The molecule has 1 fully saturated rings. The van der Waals surface area contributed by atoms with Crippen molar-refractivity contribution in [2.75, 3.05) is 6.54 Å². The third-order valence-electron chi connectivity index (χ3n) is 10.1. The van der Waals surface area contributed by atoms with Gasteiger partial charge in [0, 0.05) is 19.4 Å². The van der Waals surface area contributed by atoms with E-state index < -0.39 is 30.3 Å². The van der Waals surface area contributed by atoms with E-state index in [1.54, 1.807) is 41.3 Å². The number of hydrogen-bond acceptors (Lipinski definition) is 6. The lowest BCUT2D eigenvalue weighted by Crippen LogP contribution is -2.51. The van der Waals surface area contributed by atoms with Crippen LogP contribution < -0.4 is 19.5 Å². The number of nitrogens with zero attached hydrogens (tertiary/aromatic N) is 1. The van der Waals surface area contributed by atoms with Crippen LogP contribution in [0.1, 0.15) is 81.2 Å². The average molecular weight is 759 g/mol. The molecular formula is C43H45F3N2O7. The lowest BCUT2D eigenvalue weighted by Gasteiger charge is -2.37. The van der Waals surface area contributed by atoms with Crippen LogP contribution in [0.3, 0.4) is 0 Å². The maximum atomic E-state index is 14.2. The van der Waals surface area contributed by atoms with Crippen molar-refractivity contribution in [1.29, 1.82) is 0 Å². The molecule has 0 saturated heterocycles. The second-order valence-electron chi connectivity index (χ2n) is 15.2. The van der Waals surface area contributed by atoms with E-state index in [0.29, 0.717) is 47.8 Å². The van der Waals surface area contributed by atoms with Gasteiger partial charge < -0.3 is 29.5 Å². The van der Waals surface area contributed by atoms with Gasteiger partial charge in [-0.05, 0) is 114 Å². The van der Waals surface area contributed by atoms with Gasteiger partial charge in [0.2, 0.25) is 11.8 Å². The third kappa shape index (κ3) is 10.4. The molecule has 1 aliphatic heterocycles. The Kier molecular flexibility index (Phi) is 11.7. The number of hydrogen-bond donors (Lipinski definition) is 2. The van der Waals surface area contributed by atoms with E-state index in [-0.39, 0.29) is 35.2 Å². The molecule has 1 heterocycles. The zero-order valence-electron chi connectivity index (χ0n) is 31.0. The number of benzene rings is 4. The van der Waals surface area contributed by atoms with Gasteiger partial charge in [-0.25, -0.2) is 4.79 Å². The standard InChI is InChI=1S/C43H45F3N2O7/c1-42(2,3)30-10-14-32(15-11-30)54-35-20-21-36-29(26-35)22-23-48(38(49)25-27-6-4-5-7-27)39(36)40(50)47-37(41(51)52)24-28-8-12-31(13-9-28)53-33-16-18-34(19-17-33)55-43(44,45)46/h8-21,26-27,37,39H,4-7,22-25H2,1-3H3,(H,47,50)(H,51,52)/t37-,39?/m0/s1. The van der Waals surface area contributed by atoms with Gasteiger partial charge in [-0.3, -0.25) is 9.59 Å². The van der Waals surface area contributed by atoms with Gasteiger partial charge in [-0.15, -0.1) is 13.2 Å². The van der Waals surface area contributed by atoms with Crippen LogP contribution in [0.4, 0.5) is 13.2 Å². The Hall–Kier alpha value is -5.52. The van der Waals surface area contributed by atoms with E-state index >= 15 is 0 Å². The van der Waals surface area contributed by atoms with Crippen LogP contribution in [0.15, 0.2) is 91.0 Å². The molecule has 2 atom stereocenters. The molecule has 4 aromatic rings. The molecule has 55 heavy (non-hydrogen) atoms. The van der Waals surface area contributed by atoms with Crippen molar-refractivity contribution in [3.8, 4) is 28.7 Å². The largest absolute Gasteiger partial charge is 0.573 e. The van der Waals surface area contributed by atoms with Gasteiger partial charge in [0.1, 0.15) is 40.8 Å². The van der Waals surface area contributed by atoms with E-state index in [1.165, 1.54) is 17.7 Å². The number of amides is 2. The van der Waals surface area contributed by atoms with Crippen LogP contribution in [0, 0.1) is 5.92 Å². The number of halogens is 3. The molecule has 0 bridgehead atoms. The molecule has 2 aliphatic rings. The minimum absolute atomic E-state index is 0.000280. The number of fused-ring (bicyclic) bond motifs is 1. The van der Waals surface area contributed by atoms with Crippen LogP contribution in [-0.4, -0.2) is 46.7 Å². The molecule has 290 valence electrons. The summed E-state index contributed by atoms with van der Waals surface area (Å²) in [5.41, 5.74) is 3.24. The Morgan fingerprint density at radius 3 is 1.93 bits per heavy atom. The summed E-state index contributed by atoms with van der Waals surface area (Å²) in [5, 5.41) is 12.9. The quantitative estimate of drug-likeness (QED) is 0.148. The number of nitrogens with one attached hydrogen (secondary N) is 1. The molecule has 1 saturated carbocycles. The monoisotopic (exact) mass is 758 g/mol. The fourth-order valence-corrected chi connectivity index (χ4v) is 7.18. The summed E-state index contributed by atoms with van der Waals surface area (Å²) in [6, 6.07) is 22.4. The number of carbonyl (C=O) groups excluding carboxylic acids is 2. The number of aliphatic carboxylic acids is 1. The van der Waals surface area contributed by atoms with Crippen molar-refractivity contribution >= 4 is 17.8 Å². The van der Waals surface area contributed by atoms with Crippen molar-refractivity contribution in [1.82, 2.24) is 10.2 Å². The highest BCUT2D eigenvalue weighted by molar-refractivity contribution is 5.92. The molecule has 2 N–H and O–H groups in total. The first-order chi connectivity index (χ1) is 26.1. The smallest absolute Gasteiger partial charge is 0.480 e. The number of alkyl halides is 3. The molecule has 0 aromatic heterocycles. The van der Waals surface area contributed by atoms with Crippen LogP contribution in [0.5, 0.6) is 28.7 Å². The van der Waals surface area contributed by atoms with Gasteiger partial charge in [0.25, 0.3) is 0 Å². The van der Waals surface area contributed by atoms with E-state index in [4.69, 9.17) is 9.47 Å². The maximum absolute atomic E-state index is 14.2. The zero-order valence-corrected chi connectivity index (χ0v) is 31.0. The number of carboxylic acid groups (broad SMARTS) is 1. The van der Waals surface area contributed by atoms with Crippen LogP contribution >= 0.6 is 0 Å². The summed E-state index contributed by atoms with van der Waals surface area (Å²) in [6.45, 7) is 6.73. The summed E-state index contributed by atoms with van der Waals surface area (Å²) in [4.78, 5) is 42.1. The lowest BCUT2D eigenvalue weighted by atomic mass is 9.87. The summed E-state index contributed by atoms with van der Waals surface area (Å²) in [6.07, 6.45) is 0.0859. The van der Waals surface area contributed by atoms with Crippen molar-refractivity contribution in [3.63, 3.8) is 0 Å². The first-order valence-electron chi connectivity index (χ1n) is 18.5. The average Bonchev–Trinajstić information content (AvgIpc) is 3.64. The molecule has 12 heteroatoms. The Morgan fingerprint density at radius 2 is 1.35 bits per heavy atom. The number of carbonyl (C=O) groups is 3. The Labute approximate surface area is 318 Å². The first-order valence-corrected chi connectivity index (χ1v) is 18.5. The second kappa shape index (κ2) is 16.5. The molecule has 0 radical (unpaired) electrons. The maximum Gasteiger partial charge on any atom is 0.573 e. The van der Waals surface area contributed by atoms with E-state index in [2.05, 4.69) is 30.8 Å². The summed E-state index contributed by atoms with van der Waals surface area (Å²) in [5.74, 6) is -0.170. The second-order valence-corrected chi connectivity index (χ2v) is 15.2. The molecule has 6 rings (SSSR count). The van der Waals surface area contributed by atoms with Crippen LogP contribution in [-0.2, 0) is 32.6 Å². The van der Waals surface area contributed by atoms with Crippen molar-refractivity contribution in [2.24, 2.45) is 5.92 Å². The summed E-state index contributed by atoms with van der Waals surface area (Å²) >= 11 is 0. The normalized spacial score (nSPS) is 16.5. The molecule has 1 unspecified atom stereocenters. The molecule has 1 aliphatic carbocycles. The molecule has 9 nitrogen and oxygen atoms in total.